The van der Waals surface area contributed by atoms with Crippen LogP contribution in [0.3, 0.4) is 0 Å². The lowest BCUT2D eigenvalue weighted by Gasteiger charge is -2.18. The number of hydrogen-bond acceptors (Lipinski definition) is 8. The quantitative estimate of drug-likeness (QED) is 0.591. The van der Waals surface area contributed by atoms with Crippen molar-refractivity contribution in [2.24, 2.45) is 11.8 Å². The summed E-state index contributed by atoms with van der Waals surface area (Å²) in [5.41, 5.74) is 1.91. The summed E-state index contributed by atoms with van der Waals surface area (Å²) < 4.78 is 38.1. The summed E-state index contributed by atoms with van der Waals surface area (Å²) in [6.45, 7) is 0.536. The van der Waals surface area contributed by atoms with E-state index in [0.29, 0.717) is 53.9 Å². The van der Waals surface area contributed by atoms with Crippen LogP contribution in [-0.2, 0) is 22.4 Å². The van der Waals surface area contributed by atoms with E-state index in [1.165, 1.54) is 0 Å². The number of carbonyl (C=O) groups excluding carboxylic acids is 1. The minimum absolute atomic E-state index is 0.0108. The molecule has 0 bridgehead atoms. The van der Waals surface area contributed by atoms with E-state index in [4.69, 9.17) is 33.2 Å². The Kier molecular flexibility index (Phi) is 5.97. The number of esters is 1. The maximum atomic E-state index is 12.5. The summed E-state index contributed by atoms with van der Waals surface area (Å²) >= 11 is 0. The molecular formula is C23H26O8. The second-order valence-electron chi connectivity index (χ2n) is 7.47. The third-order valence-corrected chi connectivity index (χ3v) is 5.71. The fourth-order valence-electron chi connectivity index (χ4n) is 4.17. The Morgan fingerprint density at radius 1 is 0.806 bits per heavy atom. The van der Waals surface area contributed by atoms with Gasteiger partial charge in [0, 0.05) is 5.92 Å². The molecule has 2 aliphatic rings. The van der Waals surface area contributed by atoms with Crippen molar-refractivity contribution in [1.82, 2.24) is 0 Å². The number of carbonyl (C=O) groups is 1. The highest BCUT2D eigenvalue weighted by Crippen LogP contribution is 2.43. The van der Waals surface area contributed by atoms with Crippen LogP contribution < -0.4 is 28.4 Å². The highest BCUT2D eigenvalue weighted by molar-refractivity contribution is 5.75. The largest absolute Gasteiger partial charge is 0.493 e. The van der Waals surface area contributed by atoms with Crippen molar-refractivity contribution in [2.75, 3.05) is 41.8 Å². The van der Waals surface area contributed by atoms with Crippen LogP contribution in [0.25, 0.3) is 0 Å². The normalized spacial score (nSPS) is 19.2. The number of rotatable bonds is 8. The monoisotopic (exact) mass is 430 g/mol. The zero-order chi connectivity index (χ0) is 22.0. The van der Waals surface area contributed by atoms with Crippen molar-refractivity contribution >= 4 is 5.97 Å². The Hall–Kier alpha value is -3.29. The van der Waals surface area contributed by atoms with E-state index in [1.807, 2.05) is 24.3 Å². The van der Waals surface area contributed by atoms with Crippen LogP contribution in [0.15, 0.2) is 24.3 Å². The molecule has 8 heteroatoms. The predicted molar refractivity (Wildman–Crippen MR) is 111 cm³/mol. The summed E-state index contributed by atoms with van der Waals surface area (Å²) in [6.07, 6.45) is 1.15. The van der Waals surface area contributed by atoms with E-state index in [1.54, 1.807) is 28.4 Å². The first-order chi connectivity index (χ1) is 15.1. The smallest absolute Gasteiger partial charge is 0.309 e. The predicted octanol–water partition coefficient (Wildman–Crippen LogP) is 3.02. The zero-order valence-electron chi connectivity index (χ0n) is 18.1. The molecule has 0 aliphatic carbocycles. The van der Waals surface area contributed by atoms with Crippen molar-refractivity contribution in [3.05, 3.63) is 35.4 Å². The van der Waals surface area contributed by atoms with Gasteiger partial charge in [-0.25, -0.2) is 0 Å². The van der Waals surface area contributed by atoms with Crippen molar-refractivity contribution in [1.29, 1.82) is 0 Å². The summed E-state index contributed by atoms with van der Waals surface area (Å²) in [5, 5.41) is 0. The first-order valence-corrected chi connectivity index (χ1v) is 10.00. The fourth-order valence-corrected chi connectivity index (χ4v) is 4.17. The van der Waals surface area contributed by atoms with Gasteiger partial charge in [-0.1, -0.05) is 0 Å². The van der Waals surface area contributed by atoms with Crippen LogP contribution in [0.2, 0.25) is 0 Å². The number of hydrogen-bond donors (Lipinski definition) is 0. The Labute approximate surface area is 180 Å². The number of cyclic esters (lactones) is 1. The van der Waals surface area contributed by atoms with Gasteiger partial charge < -0.3 is 33.2 Å². The number of benzene rings is 2. The Balaban J connectivity index is 1.57. The Morgan fingerprint density at radius 3 is 2.10 bits per heavy atom. The van der Waals surface area contributed by atoms with Crippen LogP contribution in [0, 0.1) is 11.8 Å². The molecule has 2 aliphatic heterocycles. The van der Waals surface area contributed by atoms with E-state index in [-0.39, 0.29) is 24.6 Å². The van der Waals surface area contributed by atoms with Gasteiger partial charge >= 0.3 is 5.97 Å². The van der Waals surface area contributed by atoms with Gasteiger partial charge in [-0.15, -0.1) is 0 Å². The maximum Gasteiger partial charge on any atom is 0.309 e. The van der Waals surface area contributed by atoms with Crippen molar-refractivity contribution < 1.29 is 38.0 Å². The van der Waals surface area contributed by atoms with Gasteiger partial charge in [0.25, 0.3) is 0 Å². The van der Waals surface area contributed by atoms with Gasteiger partial charge in [-0.05, 0) is 48.2 Å². The summed E-state index contributed by atoms with van der Waals surface area (Å²) in [6, 6.07) is 7.60. The lowest BCUT2D eigenvalue weighted by molar-refractivity contribution is -0.141. The third kappa shape index (κ3) is 4.02. The molecule has 0 aromatic heterocycles. The molecule has 0 spiro atoms. The van der Waals surface area contributed by atoms with Crippen LogP contribution in [0.1, 0.15) is 11.1 Å². The molecule has 1 saturated heterocycles. The molecule has 4 rings (SSSR count). The SMILES string of the molecule is COc1cc(CC2C(=O)OCC2Cc2cc(OC)c3c(c2)OCO3)cc(OC)c1OC. The first-order valence-electron chi connectivity index (χ1n) is 10.00. The van der Waals surface area contributed by atoms with Crippen molar-refractivity contribution in [3.8, 4) is 34.5 Å². The van der Waals surface area contributed by atoms with Gasteiger partial charge in [-0.2, -0.15) is 0 Å². The van der Waals surface area contributed by atoms with E-state index >= 15 is 0 Å². The molecule has 0 saturated carbocycles. The van der Waals surface area contributed by atoms with Gasteiger partial charge in [0.2, 0.25) is 18.3 Å². The third-order valence-electron chi connectivity index (χ3n) is 5.71. The molecule has 2 unspecified atom stereocenters. The lowest BCUT2D eigenvalue weighted by atomic mass is 9.85. The molecule has 0 N–H and O–H groups in total. The average molecular weight is 430 g/mol. The molecule has 1 fully saturated rings. The molecule has 31 heavy (non-hydrogen) atoms. The zero-order valence-corrected chi connectivity index (χ0v) is 18.1. The molecule has 166 valence electrons. The van der Waals surface area contributed by atoms with Gasteiger partial charge in [0.1, 0.15) is 0 Å². The fraction of sp³-hybridized carbons (Fsp3) is 0.435. The minimum Gasteiger partial charge on any atom is -0.493 e. The van der Waals surface area contributed by atoms with Crippen molar-refractivity contribution in [2.45, 2.75) is 12.8 Å². The van der Waals surface area contributed by atoms with E-state index in [2.05, 4.69) is 0 Å². The van der Waals surface area contributed by atoms with E-state index in [9.17, 15) is 4.79 Å². The van der Waals surface area contributed by atoms with Crippen molar-refractivity contribution in [3.63, 3.8) is 0 Å². The molecule has 0 radical (unpaired) electrons. The molecular weight excluding hydrogens is 404 g/mol. The van der Waals surface area contributed by atoms with Gasteiger partial charge in [0.05, 0.1) is 41.0 Å². The van der Waals surface area contributed by atoms with Crippen LogP contribution in [-0.4, -0.2) is 47.8 Å². The lowest BCUT2D eigenvalue weighted by Crippen LogP contribution is -2.20. The topological polar surface area (TPSA) is 81.7 Å². The highest BCUT2D eigenvalue weighted by Gasteiger charge is 2.37. The first kappa shape index (κ1) is 21.0. The minimum atomic E-state index is -0.292. The standard InChI is InChI=1S/C23H26O8/c1-25-17-8-14(9-18(26-2)21(17)28-4)6-16-15(11-29-23(16)24)5-13-7-19(27-3)22-20(10-13)30-12-31-22/h7-10,15-16H,5-6,11-12H2,1-4H3. The highest BCUT2D eigenvalue weighted by atomic mass is 16.7. The number of ether oxygens (including phenoxy) is 7. The Bertz CT molecular complexity index is 945. The summed E-state index contributed by atoms with van der Waals surface area (Å²) in [5.74, 6) is 3.03. The van der Waals surface area contributed by atoms with Crippen LogP contribution >= 0.6 is 0 Å². The second-order valence-corrected chi connectivity index (χ2v) is 7.47. The van der Waals surface area contributed by atoms with Crippen LogP contribution in [0.4, 0.5) is 0 Å². The molecule has 2 aromatic rings. The number of methoxy groups -OCH3 is 4. The Morgan fingerprint density at radius 2 is 1.45 bits per heavy atom. The molecule has 2 aromatic carbocycles. The molecule has 0 amide bonds. The summed E-state index contributed by atoms with van der Waals surface area (Å²) in [4.78, 5) is 12.5. The maximum absolute atomic E-state index is 12.5. The molecule has 2 atom stereocenters. The molecule has 2 heterocycles. The second kappa shape index (κ2) is 8.83. The summed E-state index contributed by atoms with van der Waals surface area (Å²) in [7, 11) is 6.29. The van der Waals surface area contributed by atoms with E-state index < -0.39 is 0 Å². The average Bonchev–Trinajstić information content (AvgIpc) is 3.39. The van der Waals surface area contributed by atoms with Crippen LogP contribution in [0.5, 0.6) is 34.5 Å². The van der Waals surface area contributed by atoms with Gasteiger partial charge in [0.15, 0.2) is 23.0 Å². The van der Waals surface area contributed by atoms with E-state index in [0.717, 1.165) is 11.1 Å². The molecule has 8 nitrogen and oxygen atoms in total. The van der Waals surface area contributed by atoms with Gasteiger partial charge in [-0.3, -0.25) is 4.79 Å². The number of fused-ring (bicyclic) bond motifs is 1.